The van der Waals surface area contributed by atoms with Gasteiger partial charge >= 0.3 is 5.97 Å². The van der Waals surface area contributed by atoms with Gasteiger partial charge in [-0.05, 0) is 12.8 Å². The Morgan fingerprint density at radius 1 is 1.32 bits per heavy atom. The average Bonchev–Trinajstić information content (AvgIpc) is 2.72. The van der Waals surface area contributed by atoms with E-state index in [2.05, 4.69) is 0 Å². The molecule has 1 aliphatic heterocycles. The van der Waals surface area contributed by atoms with Crippen molar-refractivity contribution >= 4 is 16.2 Å². The van der Waals surface area contributed by atoms with Gasteiger partial charge in [-0.1, -0.05) is 13.8 Å². The van der Waals surface area contributed by atoms with Gasteiger partial charge in [-0.3, -0.25) is 4.79 Å². The highest BCUT2D eigenvalue weighted by molar-refractivity contribution is 7.86. The number of nitrogens with zero attached hydrogens (tertiary/aromatic N) is 2. The summed E-state index contributed by atoms with van der Waals surface area (Å²) in [6.07, 6.45) is 0.349. The molecule has 0 unspecified atom stereocenters. The summed E-state index contributed by atoms with van der Waals surface area (Å²) >= 11 is 0. The summed E-state index contributed by atoms with van der Waals surface area (Å²) in [5, 5.41) is 18.6. The molecule has 2 atom stereocenters. The van der Waals surface area contributed by atoms with E-state index in [-0.39, 0.29) is 13.0 Å². The summed E-state index contributed by atoms with van der Waals surface area (Å²) < 4.78 is 27.1. The highest BCUT2D eigenvalue weighted by atomic mass is 32.2. The SMILES string of the molecule is CCCN(CCC)S(=O)(=O)N1C[C@H](O)C[C@H]1C(=O)O. The summed E-state index contributed by atoms with van der Waals surface area (Å²) in [5.41, 5.74) is 0. The minimum absolute atomic E-state index is 0.0549. The molecule has 1 heterocycles. The van der Waals surface area contributed by atoms with Gasteiger partial charge in [0.25, 0.3) is 10.2 Å². The zero-order chi connectivity index (χ0) is 14.6. The Balaban J connectivity index is 2.99. The van der Waals surface area contributed by atoms with Gasteiger partial charge in [0.05, 0.1) is 6.10 Å². The van der Waals surface area contributed by atoms with E-state index < -0.39 is 28.3 Å². The summed E-state index contributed by atoms with van der Waals surface area (Å²) in [4.78, 5) is 11.1. The molecule has 0 aromatic heterocycles. The maximum Gasteiger partial charge on any atom is 0.322 e. The standard InChI is InChI=1S/C11H22N2O5S/c1-3-5-12(6-4-2)19(17,18)13-8-9(14)7-10(13)11(15)16/h9-10,14H,3-8H2,1-2H3,(H,15,16)/t9-,10+/m1/s1. The molecular formula is C11H22N2O5S. The Morgan fingerprint density at radius 3 is 2.26 bits per heavy atom. The predicted molar refractivity (Wildman–Crippen MR) is 69.8 cm³/mol. The second-order valence-electron chi connectivity index (χ2n) is 4.72. The van der Waals surface area contributed by atoms with Gasteiger partial charge in [-0.25, -0.2) is 0 Å². The highest BCUT2D eigenvalue weighted by Gasteiger charge is 2.44. The minimum atomic E-state index is -3.83. The molecule has 8 heteroatoms. The Bertz CT molecular complexity index is 405. The number of hydrogen-bond donors (Lipinski definition) is 2. The van der Waals surface area contributed by atoms with Crippen LogP contribution in [0.3, 0.4) is 0 Å². The third kappa shape index (κ3) is 3.65. The van der Waals surface area contributed by atoms with Crippen molar-refractivity contribution in [3.8, 4) is 0 Å². The highest BCUT2D eigenvalue weighted by Crippen LogP contribution is 2.24. The maximum atomic E-state index is 12.5. The van der Waals surface area contributed by atoms with Crippen LogP contribution < -0.4 is 0 Å². The van der Waals surface area contributed by atoms with E-state index in [4.69, 9.17) is 5.11 Å². The van der Waals surface area contributed by atoms with Gasteiger partial charge in [0.1, 0.15) is 6.04 Å². The van der Waals surface area contributed by atoms with E-state index in [1.807, 2.05) is 13.8 Å². The molecule has 0 radical (unpaired) electrons. The van der Waals surface area contributed by atoms with Crippen molar-refractivity contribution in [3.63, 3.8) is 0 Å². The topological polar surface area (TPSA) is 98.2 Å². The number of rotatable bonds is 7. The molecule has 112 valence electrons. The van der Waals surface area contributed by atoms with Gasteiger partial charge in [0, 0.05) is 26.1 Å². The minimum Gasteiger partial charge on any atom is -0.480 e. The van der Waals surface area contributed by atoms with Crippen LogP contribution in [0, 0.1) is 0 Å². The second kappa shape index (κ2) is 6.65. The first-order valence-corrected chi connectivity index (χ1v) is 7.92. The fraction of sp³-hybridized carbons (Fsp3) is 0.909. The van der Waals surface area contributed by atoms with E-state index in [0.29, 0.717) is 25.9 Å². The molecule has 0 aliphatic carbocycles. The Morgan fingerprint density at radius 2 is 1.84 bits per heavy atom. The number of aliphatic carboxylic acids is 1. The molecule has 1 rings (SSSR count). The van der Waals surface area contributed by atoms with Crippen molar-refractivity contribution in [2.45, 2.75) is 45.3 Å². The van der Waals surface area contributed by atoms with Crippen molar-refractivity contribution in [2.75, 3.05) is 19.6 Å². The van der Waals surface area contributed by atoms with Gasteiger partial charge in [0.2, 0.25) is 0 Å². The van der Waals surface area contributed by atoms with E-state index >= 15 is 0 Å². The lowest BCUT2D eigenvalue weighted by Gasteiger charge is -2.28. The number of aliphatic hydroxyl groups excluding tert-OH is 1. The Labute approximate surface area is 114 Å². The van der Waals surface area contributed by atoms with Crippen LogP contribution in [0.15, 0.2) is 0 Å². The summed E-state index contributed by atoms with van der Waals surface area (Å²) in [5.74, 6) is -1.21. The van der Waals surface area contributed by atoms with Crippen LogP contribution in [0.1, 0.15) is 33.1 Å². The molecule has 0 spiro atoms. The van der Waals surface area contributed by atoms with Crippen LogP contribution in [0.5, 0.6) is 0 Å². The lowest BCUT2D eigenvalue weighted by Crippen LogP contribution is -2.49. The smallest absolute Gasteiger partial charge is 0.322 e. The van der Waals surface area contributed by atoms with Crippen molar-refractivity contribution in [1.82, 2.24) is 8.61 Å². The molecule has 0 aromatic carbocycles. The molecule has 1 aliphatic rings. The van der Waals surface area contributed by atoms with E-state index in [0.717, 1.165) is 4.31 Å². The number of hydrogen-bond acceptors (Lipinski definition) is 4. The van der Waals surface area contributed by atoms with Crippen molar-refractivity contribution in [1.29, 1.82) is 0 Å². The molecule has 1 fully saturated rings. The third-order valence-corrected chi connectivity index (χ3v) is 5.10. The summed E-state index contributed by atoms with van der Waals surface area (Å²) in [6.45, 7) is 4.30. The van der Waals surface area contributed by atoms with Crippen LogP contribution in [-0.4, -0.2) is 65.0 Å². The van der Waals surface area contributed by atoms with Crippen molar-refractivity contribution < 1.29 is 23.4 Å². The first-order valence-electron chi connectivity index (χ1n) is 6.52. The fourth-order valence-electron chi connectivity index (χ4n) is 2.25. The molecule has 1 saturated heterocycles. The first-order chi connectivity index (χ1) is 8.84. The molecule has 0 amide bonds. The normalized spacial score (nSPS) is 25.1. The van der Waals surface area contributed by atoms with Gasteiger partial charge in [-0.15, -0.1) is 0 Å². The van der Waals surface area contributed by atoms with Crippen LogP contribution in [-0.2, 0) is 15.0 Å². The van der Waals surface area contributed by atoms with Crippen LogP contribution in [0.25, 0.3) is 0 Å². The van der Waals surface area contributed by atoms with Gasteiger partial charge in [-0.2, -0.15) is 17.0 Å². The summed E-state index contributed by atoms with van der Waals surface area (Å²) in [7, 11) is -3.83. The number of carboxylic acids is 1. The lowest BCUT2D eigenvalue weighted by atomic mass is 10.2. The van der Waals surface area contributed by atoms with Gasteiger partial charge < -0.3 is 10.2 Å². The Hall–Kier alpha value is -0.700. The lowest BCUT2D eigenvalue weighted by molar-refractivity contribution is -0.140. The molecule has 2 N–H and O–H groups in total. The van der Waals surface area contributed by atoms with Crippen molar-refractivity contribution in [2.24, 2.45) is 0 Å². The number of β-amino-alcohol motifs (C(OH)–C–C–N with tert-alkyl or cyclic N) is 1. The molecule has 7 nitrogen and oxygen atoms in total. The number of aliphatic hydroxyl groups is 1. The molecule has 0 saturated carbocycles. The predicted octanol–water partition coefficient (Wildman–Crippen LogP) is -0.127. The van der Waals surface area contributed by atoms with Gasteiger partial charge in [0.15, 0.2) is 0 Å². The fourth-order valence-corrected chi connectivity index (χ4v) is 4.23. The Kier molecular flexibility index (Phi) is 5.72. The largest absolute Gasteiger partial charge is 0.480 e. The van der Waals surface area contributed by atoms with E-state index in [1.54, 1.807) is 0 Å². The molecular weight excluding hydrogens is 272 g/mol. The quantitative estimate of drug-likeness (QED) is 0.682. The zero-order valence-corrected chi connectivity index (χ0v) is 12.1. The zero-order valence-electron chi connectivity index (χ0n) is 11.3. The molecule has 0 aromatic rings. The van der Waals surface area contributed by atoms with E-state index in [1.165, 1.54) is 4.31 Å². The van der Waals surface area contributed by atoms with Crippen LogP contribution >= 0.6 is 0 Å². The maximum absolute atomic E-state index is 12.5. The first kappa shape index (κ1) is 16.4. The molecule has 19 heavy (non-hydrogen) atoms. The molecule has 0 bridgehead atoms. The van der Waals surface area contributed by atoms with Crippen molar-refractivity contribution in [3.05, 3.63) is 0 Å². The third-order valence-electron chi connectivity index (χ3n) is 3.09. The average molecular weight is 294 g/mol. The van der Waals surface area contributed by atoms with E-state index in [9.17, 15) is 18.3 Å². The summed E-state index contributed by atoms with van der Waals surface area (Å²) in [6, 6.07) is -1.17. The van der Waals surface area contributed by atoms with Crippen LogP contribution in [0.2, 0.25) is 0 Å². The number of carbonyl (C=O) groups is 1. The second-order valence-corrected chi connectivity index (χ2v) is 6.60. The van der Waals surface area contributed by atoms with Crippen LogP contribution in [0.4, 0.5) is 0 Å². The number of carboxylic acid groups (broad SMARTS) is 1. The monoisotopic (exact) mass is 294 g/mol.